The van der Waals surface area contributed by atoms with Gasteiger partial charge in [0.1, 0.15) is 6.10 Å². The summed E-state index contributed by atoms with van der Waals surface area (Å²) in [5.41, 5.74) is 0. The van der Waals surface area contributed by atoms with E-state index in [0.29, 0.717) is 19.3 Å². The monoisotopic (exact) mass is 864 g/mol. The highest BCUT2D eigenvalue weighted by Crippen LogP contribution is 2.17. The Kier molecular flexibility index (Phi) is 46.7. The van der Waals surface area contributed by atoms with E-state index in [1.165, 1.54) is 116 Å². The summed E-state index contributed by atoms with van der Waals surface area (Å²) in [6.45, 7) is 6.31. The van der Waals surface area contributed by atoms with Gasteiger partial charge in [0.2, 0.25) is 5.91 Å². The van der Waals surface area contributed by atoms with Gasteiger partial charge in [0.05, 0.1) is 25.2 Å². The van der Waals surface area contributed by atoms with Gasteiger partial charge in [0, 0.05) is 6.42 Å². The van der Waals surface area contributed by atoms with Gasteiger partial charge in [0.15, 0.2) is 0 Å². The zero-order valence-electron chi connectivity index (χ0n) is 40.5. The van der Waals surface area contributed by atoms with Crippen LogP contribution in [0.1, 0.15) is 233 Å². The molecule has 0 saturated carbocycles. The molecule has 0 radical (unpaired) electrons. The number of allylic oxidation sites excluding steroid dienone is 14. The van der Waals surface area contributed by atoms with E-state index in [-0.39, 0.29) is 24.9 Å². The van der Waals surface area contributed by atoms with Gasteiger partial charge < -0.3 is 20.3 Å². The molecule has 0 heterocycles. The lowest BCUT2D eigenvalue weighted by Gasteiger charge is -2.24. The lowest BCUT2D eigenvalue weighted by molar-refractivity contribution is -0.151. The first kappa shape index (κ1) is 59.0. The van der Waals surface area contributed by atoms with Crippen LogP contribution in [0.25, 0.3) is 0 Å². The number of carbonyl (C=O) groups is 2. The number of hydrogen-bond acceptors (Lipinski definition) is 5. The largest absolute Gasteiger partial charge is 0.462 e. The van der Waals surface area contributed by atoms with Gasteiger partial charge in [-0.1, -0.05) is 241 Å². The molecule has 6 heteroatoms. The van der Waals surface area contributed by atoms with Crippen LogP contribution in [0.3, 0.4) is 0 Å². The van der Waals surface area contributed by atoms with Crippen LogP contribution in [0.2, 0.25) is 0 Å². The normalized spacial score (nSPS) is 14.0. The Hall–Kier alpha value is -2.96. The van der Waals surface area contributed by atoms with Gasteiger partial charge >= 0.3 is 5.97 Å². The van der Waals surface area contributed by atoms with E-state index in [0.717, 1.165) is 70.6 Å². The van der Waals surface area contributed by atoms with Crippen LogP contribution < -0.4 is 5.32 Å². The summed E-state index contributed by atoms with van der Waals surface area (Å²) in [5.74, 6) is -0.558. The zero-order valence-corrected chi connectivity index (χ0v) is 40.5. The number of esters is 1. The van der Waals surface area contributed by atoms with Crippen molar-refractivity contribution >= 4 is 11.9 Å². The number of amides is 1. The number of unbranched alkanes of at least 4 members (excludes halogenated alkanes) is 24. The topological polar surface area (TPSA) is 95.9 Å². The Morgan fingerprint density at radius 1 is 0.484 bits per heavy atom. The minimum absolute atomic E-state index is 0.0348. The highest BCUT2D eigenvalue weighted by atomic mass is 16.5. The first-order valence-corrected chi connectivity index (χ1v) is 25.9. The average Bonchev–Trinajstić information content (AvgIpc) is 3.26. The van der Waals surface area contributed by atoms with Crippen molar-refractivity contribution in [1.82, 2.24) is 5.32 Å². The van der Waals surface area contributed by atoms with E-state index in [1.54, 1.807) is 0 Å². The van der Waals surface area contributed by atoms with Crippen molar-refractivity contribution in [1.29, 1.82) is 0 Å². The van der Waals surface area contributed by atoms with Crippen molar-refractivity contribution in [3.63, 3.8) is 0 Å². The number of hydrogen-bond donors (Lipinski definition) is 3. The van der Waals surface area contributed by atoms with Crippen LogP contribution in [-0.2, 0) is 14.3 Å². The summed E-state index contributed by atoms with van der Waals surface area (Å²) in [4.78, 5) is 26.1. The van der Waals surface area contributed by atoms with Crippen molar-refractivity contribution in [2.45, 2.75) is 251 Å². The predicted molar refractivity (Wildman–Crippen MR) is 268 cm³/mol. The van der Waals surface area contributed by atoms with Gasteiger partial charge in [-0.15, -0.1) is 0 Å². The highest BCUT2D eigenvalue weighted by molar-refractivity contribution is 5.77. The molecule has 6 nitrogen and oxygen atoms in total. The van der Waals surface area contributed by atoms with E-state index in [9.17, 15) is 19.8 Å². The standard InChI is InChI=1S/C56H97NO5/c1-4-7-10-13-16-19-22-25-27-28-29-31-34-37-40-43-46-49-56(61)62-52(47-44-41-38-35-32-24-21-18-15-12-9-6-3)50-55(60)57-53(51-58)54(59)48-45-42-39-36-33-30-26-23-20-17-14-11-8-5-2/h7,10,13,16,19,22,25,27-29,31,34-35,38,52-54,58-59H,4-6,8-9,11-12,14-15,17-18,20-21,23-24,26,30,32-33,36-37,39-51H2,1-3H3,(H,57,60)/b10-7-,16-13+,22-19+,27-25-,29-28+,34-31+,38-35-. The van der Waals surface area contributed by atoms with Crippen LogP contribution in [0.15, 0.2) is 85.1 Å². The molecule has 0 rings (SSSR count). The summed E-state index contributed by atoms with van der Waals surface area (Å²) >= 11 is 0. The van der Waals surface area contributed by atoms with E-state index in [2.05, 4.69) is 56.5 Å². The second-order valence-corrected chi connectivity index (χ2v) is 17.3. The number of aliphatic hydroxyl groups is 2. The van der Waals surface area contributed by atoms with E-state index in [1.807, 2.05) is 54.7 Å². The molecule has 0 aliphatic heterocycles. The molecule has 0 bridgehead atoms. The molecule has 0 aromatic rings. The van der Waals surface area contributed by atoms with Gasteiger partial charge in [0.25, 0.3) is 0 Å². The van der Waals surface area contributed by atoms with Crippen molar-refractivity contribution in [2.75, 3.05) is 6.61 Å². The third-order valence-electron chi connectivity index (χ3n) is 11.4. The van der Waals surface area contributed by atoms with Gasteiger partial charge in [-0.05, 0) is 64.2 Å². The number of rotatable bonds is 45. The molecule has 0 aromatic heterocycles. The van der Waals surface area contributed by atoms with E-state index >= 15 is 0 Å². The van der Waals surface area contributed by atoms with Crippen LogP contribution >= 0.6 is 0 Å². The highest BCUT2D eigenvalue weighted by Gasteiger charge is 2.24. The van der Waals surface area contributed by atoms with E-state index < -0.39 is 18.2 Å². The Balaban J connectivity index is 4.68. The molecule has 62 heavy (non-hydrogen) atoms. The maximum absolute atomic E-state index is 13.2. The molecule has 0 aliphatic carbocycles. The molecule has 0 saturated heterocycles. The van der Waals surface area contributed by atoms with Gasteiger partial charge in [-0.25, -0.2) is 0 Å². The Labute approximate surface area is 383 Å². The quantitative estimate of drug-likeness (QED) is 0.0245. The zero-order chi connectivity index (χ0) is 45.2. The van der Waals surface area contributed by atoms with Crippen molar-refractivity contribution in [3.8, 4) is 0 Å². The summed E-state index contributed by atoms with van der Waals surface area (Å²) in [6, 6.07) is -0.723. The van der Waals surface area contributed by atoms with Crippen LogP contribution in [0.4, 0.5) is 0 Å². The predicted octanol–water partition coefficient (Wildman–Crippen LogP) is 15.6. The molecular weight excluding hydrogens is 767 g/mol. The van der Waals surface area contributed by atoms with E-state index in [4.69, 9.17) is 4.74 Å². The summed E-state index contributed by atoms with van der Waals surface area (Å²) < 4.78 is 5.89. The maximum Gasteiger partial charge on any atom is 0.306 e. The molecule has 1 amide bonds. The summed E-state index contributed by atoms with van der Waals surface area (Å²) in [6.07, 6.45) is 63.5. The third kappa shape index (κ3) is 43.7. The maximum atomic E-state index is 13.2. The SMILES string of the molecule is CC\C=C/C=C/C=C/C=C\C=C\C=C\CCCCCC(=O)OC(CCC/C=C\CCCCCCCCC)CC(=O)NC(CO)C(O)CCCCCCCCCCCCCCCC. The number of ether oxygens (including phenoxy) is 1. The Bertz CT molecular complexity index is 1200. The second kappa shape index (κ2) is 49.1. The van der Waals surface area contributed by atoms with Crippen LogP contribution in [0.5, 0.6) is 0 Å². The van der Waals surface area contributed by atoms with Gasteiger partial charge in [-0.3, -0.25) is 9.59 Å². The molecular formula is C56H97NO5. The minimum atomic E-state index is -0.806. The van der Waals surface area contributed by atoms with Crippen molar-refractivity contribution in [3.05, 3.63) is 85.1 Å². The first-order chi connectivity index (χ1) is 30.5. The molecule has 3 N–H and O–H groups in total. The van der Waals surface area contributed by atoms with Crippen molar-refractivity contribution < 1.29 is 24.5 Å². The fourth-order valence-corrected chi connectivity index (χ4v) is 7.46. The van der Waals surface area contributed by atoms with Crippen molar-refractivity contribution in [2.24, 2.45) is 0 Å². The number of carbonyl (C=O) groups excluding carboxylic acids is 2. The fraction of sp³-hybridized carbons (Fsp3) is 0.714. The molecule has 0 fully saturated rings. The molecule has 356 valence electrons. The molecule has 0 spiro atoms. The minimum Gasteiger partial charge on any atom is -0.462 e. The van der Waals surface area contributed by atoms with Crippen LogP contribution in [-0.4, -0.2) is 46.9 Å². The lowest BCUT2D eigenvalue weighted by Crippen LogP contribution is -2.46. The summed E-state index contributed by atoms with van der Waals surface area (Å²) in [7, 11) is 0. The lowest BCUT2D eigenvalue weighted by atomic mass is 10.0. The van der Waals surface area contributed by atoms with Crippen LogP contribution in [0, 0.1) is 0 Å². The van der Waals surface area contributed by atoms with Gasteiger partial charge in [-0.2, -0.15) is 0 Å². The third-order valence-corrected chi connectivity index (χ3v) is 11.4. The molecule has 0 aliphatic rings. The Morgan fingerprint density at radius 2 is 0.903 bits per heavy atom. The smallest absolute Gasteiger partial charge is 0.306 e. The number of nitrogens with one attached hydrogen (secondary N) is 1. The Morgan fingerprint density at radius 3 is 1.40 bits per heavy atom. The number of aliphatic hydroxyl groups excluding tert-OH is 2. The fourth-order valence-electron chi connectivity index (χ4n) is 7.46. The molecule has 0 aromatic carbocycles. The molecule has 3 unspecified atom stereocenters. The second-order valence-electron chi connectivity index (χ2n) is 17.3. The molecule has 3 atom stereocenters. The summed E-state index contributed by atoms with van der Waals surface area (Å²) in [5, 5.41) is 23.8. The average molecular weight is 864 g/mol. The first-order valence-electron chi connectivity index (χ1n) is 25.9.